The summed E-state index contributed by atoms with van der Waals surface area (Å²) < 4.78 is 15.9. The molecule has 3 aromatic carbocycles. The minimum Gasteiger partial charge on any atom is -0.505 e. The third kappa shape index (κ3) is 3.38. The second-order valence-electron chi connectivity index (χ2n) is 8.23. The van der Waals surface area contributed by atoms with Crippen molar-refractivity contribution in [1.29, 1.82) is 0 Å². The maximum atomic E-state index is 13.8. The molecule has 0 amide bonds. The van der Waals surface area contributed by atoms with Gasteiger partial charge in [0.15, 0.2) is 11.6 Å². The van der Waals surface area contributed by atoms with Crippen LogP contribution in [0, 0.1) is 5.82 Å². The Morgan fingerprint density at radius 3 is 2.39 bits per heavy atom. The van der Waals surface area contributed by atoms with E-state index in [1.54, 1.807) is 12.3 Å². The highest BCUT2D eigenvalue weighted by Crippen LogP contribution is 2.42. The predicted molar refractivity (Wildman–Crippen MR) is 126 cm³/mol. The molecule has 1 aliphatic rings. The SMILES string of the molecule is Oc1ccc(-c2ccc(-c3nn(Cc4ccccn4)c4c3Cc3ccccc3-4)cc2)cc1F. The van der Waals surface area contributed by atoms with E-state index in [0.717, 1.165) is 40.2 Å². The molecule has 2 aromatic heterocycles. The molecule has 5 aromatic rings. The molecule has 160 valence electrons. The van der Waals surface area contributed by atoms with Crippen LogP contribution in [0.2, 0.25) is 0 Å². The number of halogens is 1. The average Bonchev–Trinajstić information content (AvgIpc) is 3.39. The number of aromatic nitrogens is 3. The summed E-state index contributed by atoms with van der Waals surface area (Å²) in [5.41, 5.74) is 9.42. The van der Waals surface area contributed by atoms with Crippen LogP contribution in [0.25, 0.3) is 33.6 Å². The van der Waals surface area contributed by atoms with Gasteiger partial charge in [0.25, 0.3) is 0 Å². The molecule has 33 heavy (non-hydrogen) atoms. The summed E-state index contributed by atoms with van der Waals surface area (Å²) in [4.78, 5) is 4.49. The zero-order valence-electron chi connectivity index (χ0n) is 17.7. The molecule has 1 aliphatic carbocycles. The molecular weight excluding hydrogens is 413 g/mol. The molecule has 5 heteroatoms. The molecule has 6 rings (SSSR count). The average molecular weight is 433 g/mol. The Hall–Kier alpha value is -4.25. The number of hydrogen-bond donors (Lipinski definition) is 1. The number of fused-ring (bicyclic) bond motifs is 3. The van der Waals surface area contributed by atoms with Gasteiger partial charge in [0, 0.05) is 29.3 Å². The first-order valence-corrected chi connectivity index (χ1v) is 10.8. The monoisotopic (exact) mass is 433 g/mol. The molecule has 0 atom stereocenters. The largest absolute Gasteiger partial charge is 0.505 e. The van der Waals surface area contributed by atoms with E-state index in [0.29, 0.717) is 6.54 Å². The van der Waals surface area contributed by atoms with Crippen molar-refractivity contribution in [2.24, 2.45) is 0 Å². The van der Waals surface area contributed by atoms with E-state index in [4.69, 9.17) is 5.10 Å². The molecule has 2 heterocycles. The lowest BCUT2D eigenvalue weighted by Gasteiger charge is -2.07. The third-order valence-corrected chi connectivity index (χ3v) is 6.17. The first-order chi connectivity index (χ1) is 16.2. The van der Waals surface area contributed by atoms with Crippen LogP contribution in [0.3, 0.4) is 0 Å². The van der Waals surface area contributed by atoms with E-state index in [1.165, 1.54) is 28.8 Å². The standard InChI is InChI=1S/C28H20FN3O/c29-25-16-20(12-13-26(25)33)18-8-10-19(11-9-18)27-24-15-21-5-1-2-7-23(21)28(24)32(31-27)17-22-6-3-4-14-30-22/h1-14,16,33H,15,17H2. The fraction of sp³-hybridized carbons (Fsp3) is 0.0714. The van der Waals surface area contributed by atoms with Crippen LogP contribution in [0.15, 0.2) is 91.1 Å². The molecular formula is C28H20FN3O. The van der Waals surface area contributed by atoms with E-state index in [-0.39, 0.29) is 5.75 Å². The number of benzene rings is 3. The second-order valence-corrected chi connectivity index (χ2v) is 8.23. The number of rotatable bonds is 4. The minimum atomic E-state index is -0.625. The van der Waals surface area contributed by atoms with Gasteiger partial charge in [0.05, 0.1) is 23.6 Å². The van der Waals surface area contributed by atoms with Gasteiger partial charge in [-0.3, -0.25) is 9.67 Å². The Kier molecular flexibility index (Phi) is 4.54. The maximum absolute atomic E-state index is 13.8. The zero-order chi connectivity index (χ0) is 22.4. The van der Waals surface area contributed by atoms with E-state index in [2.05, 4.69) is 33.9 Å². The van der Waals surface area contributed by atoms with Crippen LogP contribution in [0.4, 0.5) is 4.39 Å². The summed E-state index contributed by atoms with van der Waals surface area (Å²) in [5, 5.41) is 14.5. The van der Waals surface area contributed by atoms with Crippen molar-refractivity contribution >= 4 is 0 Å². The first kappa shape index (κ1) is 19.4. The highest BCUT2D eigenvalue weighted by Gasteiger charge is 2.28. The van der Waals surface area contributed by atoms with E-state index >= 15 is 0 Å². The number of aromatic hydroxyl groups is 1. The van der Waals surface area contributed by atoms with Crippen molar-refractivity contribution in [2.75, 3.05) is 0 Å². The lowest BCUT2D eigenvalue weighted by atomic mass is 10.0. The number of phenols is 1. The van der Waals surface area contributed by atoms with Crippen LogP contribution in [-0.4, -0.2) is 19.9 Å². The Labute approximate surface area is 190 Å². The molecule has 0 bridgehead atoms. The fourth-order valence-corrected chi connectivity index (χ4v) is 4.56. The van der Waals surface area contributed by atoms with Crippen molar-refractivity contribution < 1.29 is 9.50 Å². The number of phenolic OH excluding ortho intramolecular Hbond substituents is 1. The van der Waals surface area contributed by atoms with Crippen LogP contribution < -0.4 is 0 Å². The van der Waals surface area contributed by atoms with Crippen molar-refractivity contribution in [1.82, 2.24) is 14.8 Å². The molecule has 0 unspecified atom stereocenters. The molecule has 0 saturated heterocycles. The Bertz CT molecular complexity index is 1470. The Morgan fingerprint density at radius 1 is 0.848 bits per heavy atom. The second kappa shape index (κ2) is 7.71. The van der Waals surface area contributed by atoms with Gasteiger partial charge in [-0.1, -0.05) is 60.7 Å². The van der Waals surface area contributed by atoms with Gasteiger partial charge in [-0.15, -0.1) is 0 Å². The minimum absolute atomic E-state index is 0.344. The molecule has 0 spiro atoms. The van der Waals surface area contributed by atoms with Gasteiger partial charge in [-0.25, -0.2) is 4.39 Å². The Morgan fingerprint density at radius 2 is 1.61 bits per heavy atom. The summed E-state index contributed by atoms with van der Waals surface area (Å²) >= 11 is 0. The smallest absolute Gasteiger partial charge is 0.165 e. The van der Waals surface area contributed by atoms with Crippen molar-refractivity contribution in [3.63, 3.8) is 0 Å². The van der Waals surface area contributed by atoms with Crippen LogP contribution in [-0.2, 0) is 13.0 Å². The van der Waals surface area contributed by atoms with Gasteiger partial charge in [-0.05, 0) is 41.0 Å². The number of hydrogen-bond acceptors (Lipinski definition) is 3. The number of pyridine rings is 1. The van der Waals surface area contributed by atoms with Gasteiger partial charge >= 0.3 is 0 Å². The maximum Gasteiger partial charge on any atom is 0.165 e. The number of nitrogens with zero attached hydrogens (tertiary/aromatic N) is 3. The normalized spacial score (nSPS) is 11.9. The summed E-state index contributed by atoms with van der Waals surface area (Å²) in [5.74, 6) is -0.968. The fourth-order valence-electron chi connectivity index (χ4n) is 4.56. The molecule has 0 aliphatic heterocycles. The summed E-state index contributed by atoms with van der Waals surface area (Å²) in [6.45, 7) is 0.600. The highest BCUT2D eigenvalue weighted by atomic mass is 19.1. The van der Waals surface area contributed by atoms with Gasteiger partial charge in [0.1, 0.15) is 0 Å². The van der Waals surface area contributed by atoms with E-state index < -0.39 is 5.82 Å². The lowest BCUT2D eigenvalue weighted by molar-refractivity contribution is 0.432. The van der Waals surface area contributed by atoms with E-state index in [9.17, 15) is 9.50 Å². The molecule has 4 nitrogen and oxygen atoms in total. The summed E-state index contributed by atoms with van der Waals surface area (Å²) in [6, 6.07) is 26.8. The molecule has 0 radical (unpaired) electrons. The molecule has 0 saturated carbocycles. The summed E-state index contributed by atoms with van der Waals surface area (Å²) in [6.07, 6.45) is 2.65. The summed E-state index contributed by atoms with van der Waals surface area (Å²) in [7, 11) is 0. The topological polar surface area (TPSA) is 50.9 Å². The van der Waals surface area contributed by atoms with Crippen LogP contribution in [0.5, 0.6) is 5.75 Å². The van der Waals surface area contributed by atoms with Gasteiger partial charge < -0.3 is 5.11 Å². The first-order valence-electron chi connectivity index (χ1n) is 10.8. The van der Waals surface area contributed by atoms with Gasteiger partial charge in [0.2, 0.25) is 0 Å². The van der Waals surface area contributed by atoms with Crippen molar-refractivity contribution in [3.05, 3.63) is 114 Å². The van der Waals surface area contributed by atoms with Crippen LogP contribution in [0.1, 0.15) is 16.8 Å². The van der Waals surface area contributed by atoms with E-state index in [1.807, 2.05) is 42.5 Å². The van der Waals surface area contributed by atoms with Gasteiger partial charge in [-0.2, -0.15) is 5.10 Å². The zero-order valence-corrected chi connectivity index (χ0v) is 17.7. The van der Waals surface area contributed by atoms with Crippen molar-refractivity contribution in [2.45, 2.75) is 13.0 Å². The van der Waals surface area contributed by atoms with Crippen molar-refractivity contribution in [3.8, 4) is 39.4 Å². The molecule has 1 N–H and O–H groups in total. The lowest BCUT2D eigenvalue weighted by Crippen LogP contribution is -2.05. The molecule has 0 fully saturated rings. The Balaban J connectivity index is 1.42. The van der Waals surface area contributed by atoms with Crippen LogP contribution >= 0.6 is 0 Å². The highest BCUT2D eigenvalue weighted by molar-refractivity contribution is 5.82. The predicted octanol–water partition coefficient (Wildman–Crippen LogP) is 6.08. The third-order valence-electron chi connectivity index (χ3n) is 6.17. The quantitative estimate of drug-likeness (QED) is 0.367.